The zero-order chi connectivity index (χ0) is 14.8. The third-order valence-corrected chi connectivity index (χ3v) is 3.22. The summed E-state index contributed by atoms with van der Waals surface area (Å²) in [7, 11) is 3.29. The minimum absolute atomic E-state index is 0.539. The molecular formula is C16H18Cl2O2. The Morgan fingerprint density at radius 2 is 1.35 bits per heavy atom. The molecular weight excluding hydrogens is 295 g/mol. The van der Waals surface area contributed by atoms with Gasteiger partial charge in [-0.15, -0.1) is 23.2 Å². The Morgan fingerprint density at radius 1 is 0.750 bits per heavy atom. The first-order valence-corrected chi connectivity index (χ1v) is 7.18. The lowest BCUT2D eigenvalue weighted by atomic mass is 10.2. The van der Waals surface area contributed by atoms with Crippen molar-refractivity contribution in [2.45, 2.75) is 11.8 Å². The Balaban J connectivity index is 0.000000200. The number of ether oxygens (including phenoxy) is 2. The van der Waals surface area contributed by atoms with Crippen molar-refractivity contribution in [3.8, 4) is 11.5 Å². The van der Waals surface area contributed by atoms with E-state index in [0.717, 1.165) is 22.6 Å². The van der Waals surface area contributed by atoms with E-state index in [0.29, 0.717) is 11.8 Å². The number of benzene rings is 2. The summed E-state index contributed by atoms with van der Waals surface area (Å²) in [5.41, 5.74) is 2.20. The van der Waals surface area contributed by atoms with Crippen LogP contribution in [0.3, 0.4) is 0 Å². The van der Waals surface area contributed by atoms with Crippen LogP contribution in [0.5, 0.6) is 11.5 Å². The zero-order valence-corrected chi connectivity index (χ0v) is 13.1. The molecule has 0 saturated carbocycles. The van der Waals surface area contributed by atoms with Crippen molar-refractivity contribution < 1.29 is 9.47 Å². The molecule has 0 amide bonds. The molecule has 0 fully saturated rings. The Bertz CT molecular complexity index is 456. The fourth-order valence-electron chi connectivity index (χ4n) is 1.47. The lowest BCUT2D eigenvalue weighted by Crippen LogP contribution is -1.83. The highest BCUT2D eigenvalue weighted by molar-refractivity contribution is 6.17. The highest BCUT2D eigenvalue weighted by Gasteiger charge is 1.91. The predicted molar refractivity (Wildman–Crippen MR) is 85.1 cm³/mol. The molecule has 0 N–H and O–H groups in total. The molecule has 0 radical (unpaired) electrons. The molecule has 0 heterocycles. The number of hydrogen-bond acceptors (Lipinski definition) is 2. The van der Waals surface area contributed by atoms with Crippen LogP contribution in [0.15, 0.2) is 48.5 Å². The summed E-state index contributed by atoms with van der Waals surface area (Å²) >= 11 is 11.2. The minimum atomic E-state index is 0.539. The van der Waals surface area contributed by atoms with Crippen molar-refractivity contribution >= 4 is 23.2 Å². The summed E-state index contributed by atoms with van der Waals surface area (Å²) in [6, 6.07) is 15.4. The van der Waals surface area contributed by atoms with Crippen LogP contribution in [-0.4, -0.2) is 14.2 Å². The third kappa shape index (κ3) is 5.72. The molecule has 2 aromatic carbocycles. The summed E-state index contributed by atoms with van der Waals surface area (Å²) in [4.78, 5) is 0. The summed E-state index contributed by atoms with van der Waals surface area (Å²) in [6.07, 6.45) is 0. The van der Waals surface area contributed by atoms with Crippen LogP contribution in [0.4, 0.5) is 0 Å². The smallest absolute Gasteiger partial charge is 0.119 e. The summed E-state index contributed by atoms with van der Waals surface area (Å²) < 4.78 is 9.97. The van der Waals surface area contributed by atoms with Gasteiger partial charge in [-0.3, -0.25) is 0 Å². The maximum Gasteiger partial charge on any atom is 0.119 e. The molecule has 2 rings (SSSR count). The van der Waals surface area contributed by atoms with Crippen LogP contribution < -0.4 is 9.47 Å². The first-order chi connectivity index (χ1) is 9.73. The topological polar surface area (TPSA) is 18.5 Å². The van der Waals surface area contributed by atoms with Gasteiger partial charge in [-0.2, -0.15) is 0 Å². The van der Waals surface area contributed by atoms with Crippen LogP contribution >= 0.6 is 23.2 Å². The van der Waals surface area contributed by atoms with Crippen molar-refractivity contribution in [3.63, 3.8) is 0 Å². The Morgan fingerprint density at radius 3 is 1.85 bits per heavy atom. The first-order valence-electron chi connectivity index (χ1n) is 6.11. The second kappa shape index (κ2) is 9.51. The molecule has 0 aliphatic heterocycles. The van der Waals surface area contributed by atoms with Crippen LogP contribution in [0.25, 0.3) is 0 Å². The highest BCUT2D eigenvalue weighted by atomic mass is 35.5. The van der Waals surface area contributed by atoms with Gasteiger partial charge >= 0.3 is 0 Å². The average Bonchev–Trinajstić information content (AvgIpc) is 2.55. The molecule has 0 atom stereocenters. The minimum Gasteiger partial charge on any atom is -0.497 e. The maximum atomic E-state index is 5.60. The standard InChI is InChI=1S/2C8H9ClO/c1-10-8-4-2-7(6-9)3-5-8;1-10-8-4-2-3-7(5-8)6-9/h2*2-5H,6H2,1H3. The monoisotopic (exact) mass is 312 g/mol. The van der Waals surface area contributed by atoms with Gasteiger partial charge in [0.2, 0.25) is 0 Å². The van der Waals surface area contributed by atoms with E-state index in [1.165, 1.54) is 0 Å². The molecule has 108 valence electrons. The average molecular weight is 313 g/mol. The molecule has 0 aliphatic carbocycles. The molecule has 0 bridgehead atoms. The van der Waals surface area contributed by atoms with E-state index in [4.69, 9.17) is 32.7 Å². The van der Waals surface area contributed by atoms with E-state index < -0.39 is 0 Å². The summed E-state index contributed by atoms with van der Waals surface area (Å²) in [6.45, 7) is 0. The second-order valence-corrected chi connectivity index (χ2v) is 4.50. The van der Waals surface area contributed by atoms with Gasteiger partial charge in [-0.1, -0.05) is 24.3 Å². The fraction of sp³-hybridized carbons (Fsp3) is 0.250. The fourth-order valence-corrected chi connectivity index (χ4v) is 1.81. The van der Waals surface area contributed by atoms with Crippen LogP contribution in [0.2, 0.25) is 0 Å². The highest BCUT2D eigenvalue weighted by Crippen LogP contribution is 2.13. The summed E-state index contributed by atoms with van der Waals surface area (Å²) in [5.74, 6) is 2.83. The second-order valence-electron chi connectivity index (χ2n) is 3.97. The van der Waals surface area contributed by atoms with Gasteiger partial charge in [0.1, 0.15) is 11.5 Å². The third-order valence-electron chi connectivity index (χ3n) is 2.60. The van der Waals surface area contributed by atoms with Gasteiger partial charge in [0.15, 0.2) is 0 Å². The van der Waals surface area contributed by atoms with Crippen LogP contribution in [-0.2, 0) is 11.8 Å². The number of alkyl halides is 2. The van der Waals surface area contributed by atoms with Crippen molar-refractivity contribution in [1.82, 2.24) is 0 Å². The Kier molecular flexibility index (Phi) is 7.93. The van der Waals surface area contributed by atoms with Gasteiger partial charge in [0.05, 0.1) is 14.2 Å². The van der Waals surface area contributed by atoms with Crippen molar-refractivity contribution in [1.29, 1.82) is 0 Å². The number of hydrogen-bond donors (Lipinski definition) is 0. The summed E-state index contributed by atoms with van der Waals surface area (Å²) in [5, 5.41) is 0. The molecule has 0 unspecified atom stereocenters. The lowest BCUT2D eigenvalue weighted by Gasteiger charge is -1.99. The van der Waals surface area contributed by atoms with Crippen molar-refractivity contribution in [3.05, 3.63) is 59.7 Å². The van der Waals surface area contributed by atoms with Gasteiger partial charge < -0.3 is 9.47 Å². The van der Waals surface area contributed by atoms with Gasteiger partial charge in [-0.25, -0.2) is 0 Å². The Hall–Kier alpha value is -1.38. The molecule has 2 aromatic rings. The van der Waals surface area contributed by atoms with Crippen molar-refractivity contribution in [2.24, 2.45) is 0 Å². The molecule has 0 aliphatic rings. The van der Waals surface area contributed by atoms with E-state index in [9.17, 15) is 0 Å². The van der Waals surface area contributed by atoms with E-state index in [2.05, 4.69) is 0 Å². The molecule has 0 aromatic heterocycles. The number of halogens is 2. The number of methoxy groups -OCH3 is 2. The quantitative estimate of drug-likeness (QED) is 0.750. The van der Waals surface area contributed by atoms with E-state index in [1.807, 2.05) is 48.5 Å². The molecule has 20 heavy (non-hydrogen) atoms. The number of rotatable bonds is 4. The first kappa shape index (κ1) is 16.7. The molecule has 0 spiro atoms. The van der Waals surface area contributed by atoms with Crippen molar-refractivity contribution in [2.75, 3.05) is 14.2 Å². The van der Waals surface area contributed by atoms with E-state index in [-0.39, 0.29) is 0 Å². The normalized spacial score (nSPS) is 9.40. The van der Waals surface area contributed by atoms with Crippen LogP contribution in [0, 0.1) is 0 Å². The van der Waals surface area contributed by atoms with Gasteiger partial charge in [0, 0.05) is 11.8 Å². The molecule has 4 heteroatoms. The Labute approximate surface area is 130 Å². The molecule has 2 nitrogen and oxygen atoms in total. The van der Waals surface area contributed by atoms with Crippen LogP contribution in [0.1, 0.15) is 11.1 Å². The lowest BCUT2D eigenvalue weighted by molar-refractivity contribution is 0.414. The maximum absolute atomic E-state index is 5.60. The van der Waals surface area contributed by atoms with E-state index >= 15 is 0 Å². The SMILES string of the molecule is COc1ccc(CCl)cc1.COc1cccc(CCl)c1. The van der Waals surface area contributed by atoms with E-state index in [1.54, 1.807) is 14.2 Å². The molecule has 0 saturated heterocycles. The van der Waals surface area contributed by atoms with Gasteiger partial charge in [0.25, 0.3) is 0 Å². The largest absolute Gasteiger partial charge is 0.497 e. The zero-order valence-electron chi connectivity index (χ0n) is 11.6. The van der Waals surface area contributed by atoms with Gasteiger partial charge in [-0.05, 0) is 35.4 Å². The predicted octanol–water partition coefficient (Wildman–Crippen LogP) is 4.87.